The van der Waals surface area contributed by atoms with Crippen LogP contribution in [0, 0.1) is 0 Å². The largest absolute Gasteiger partial charge is 0.481 e. The fourth-order valence-electron chi connectivity index (χ4n) is 3.56. The lowest BCUT2D eigenvalue weighted by molar-refractivity contribution is -0.138. The summed E-state index contributed by atoms with van der Waals surface area (Å²) < 4.78 is 39.8. The van der Waals surface area contributed by atoms with Crippen LogP contribution in [-0.2, 0) is 28.6 Å². The van der Waals surface area contributed by atoms with E-state index in [1.807, 2.05) is 17.5 Å². The molecule has 0 fully saturated rings. The monoisotopic (exact) mass is 521 g/mol. The first-order chi connectivity index (χ1) is 15.9. The highest BCUT2D eigenvalue weighted by molar-refractivity contribution is 7.98. The van der Waals surface area contributed by atoms with Crippen LogP contribution in [0.4, 0.5) is 13.2 Å². The van der Waals surface area contributed by atoms with Gasteiger partial charge in [0.15, 0.2) is 0 Å². The van der Waals surface area contributed by atoms with Gasteiger partial charge in [0, 0.05) is 31.2 Å². The highest BCUT2D eigenvalue weighted by Crippen LogP contribution is 2.39. The Hall–Kier alpha value is -2.36. The zero-order chi connectivity index (χ0) is 24.7. The number of thiophene rings is 1. The van der Waals surface area contributed by atoms with Gasteiger partial charge in [-0.2, -0.15) is 13.2 Å². The molecule has 0 aliphatic heterocycles. The van der Waals surface area contributed by atoms with Crippen molar-refractivity contribution in [3.63, 3.8) is 0 Å². The van der Waals surface area contributed by atoms with Crippen LogP contribution in [0.15, 0.2) is 52.7 Å². The summed E-state index contributed by atoms with van der Waals surface area (Å²) in [5.74, 6) is -0.161. The number of rotatable bonds is 6. The molecule has 0 aliphatic rings. The van der Waals surface area contributed by atoms with Crippen LogP contribution < -0.4 is 0 Å². The number of carboxylic acids is 1. The number of aromatic nitrogens is 1. The Labute approximate surface area is 207 Å². The third kappa shape index (κ3) is 5.47. The molecule has 0 saturated carbocycles. The fourth-order valence-corrected chi connectivity index (χ4v) is 6.92. The first-order valence-corrected chi connectivity index (χ1v) is 13.1. The first kappa shape index (κ1) is 24.8. The first-order valence-electron chi connectivity index (χ1n) is 10.4. The lowest BCUT2D eigenvalue weighted by Gasteiger charge is -2.17. The van der Waals surface area contributed by atoms with Gasteiger partial charge >= 0.3 is 12.1 Å². The third-order valence-electron chi connectivity index (χ3n) is 5.21. The summed E-state index contributed by atoms with van der Waals surface area (Å²) in [6.07, 6.45) is -4.35. The standard InChI is InChI=1S/C25H22F3NO2S3/c1-24(2,3)22-20(34-23(29-22)14-4-6-16(7-5-14)25(26,27)28)13-32-17-8-9-18-15(10-21(30)31)12-33-19(18)11-17/h4-9,11-12H,10,13H2,1-3H3,(H,30,31). The van der Waals surface area contributed by atoms with Gasteiger partial charge in [0.1, 0.15) is 5.01 Å². The molecule has 2 aromatic heterocycles. The number of thioether (sulfide) groups is 1. The van der Waals surface area contributed by atoms with Crippen LogP contribution in [0.5, 0.6) is 0 Å². The minimum atomic E-state index is -4.36. The van der Waals surface area contributed by atoms with E-state index in [2.05, 4.69) is 26.8 Å². The maximum absolute atomic E-state index is 12.9. The van der Waals surface area contributed by atoms with Gasteiger partial charge in [0.2, 0.25) is 0 Å². The predicted molar refractivity (Wildman–Crippen MR) is 134 cm³/mol. The van der Waals surface area contributed by atoms with Crippen LogP contribution in [0.25, 0.3) is 20.7 Å². The molecule has 0 spiro atoms. The van der Waals surface area contributed by atoms with Crippen molar-refractivity contribution < 1.29 is 23.1 Å². The minimum absolute atomic E-state index is 0.00895. The summed E-state index contributed by atoms with van der Waals surface area (Å²) in [6.45, 7) is 6.23. The summed E-state index contributed by atoms with van der Waals surface area (Å²) >= 11 is 4.72. The molecule has 2 heterocycles. The lowest BCUT2D eigenvalue weighted by Crippen LogP contribution is -2.13. The number of hydrogen-bond donors (Lipinski definition) is 1. The third-order valence-corrected chi connectivity index (χ3v) is 8.51. The van der Waals surface area contributed by atoms with Crippen molar-refractivity contribution in [3.8, 4) is 10.6 Å². The molecule has 0 amide bonds. The van der Waals surface area contributed by atoms with Crippen molar-refractivity contribution in [2.75, 3.05) is 0 Å². The van der Waals surface area contributed by atoms with E-state index in [0.29, 0.717) is 16.3 Å². The summed E-state index contributed by atoms with van der Waals surface area (Å²) in [4.78, 5) is 18.0. The molecule has 0 radical (unpaired) electrons. The molecule has 4 rings (SSSR count). The van der Waals surface area contributed by atoms with Gasteiger partial charge in [-0.1, -0.05) is 39.0 Å². The molecule has 0 aliphatic carbocycles. The highest BCUT2D eigenvalue weighted by Gasteiger charge is 2.30. The molecule has 0 bridgehead atoms. The van der Waals surface area contributed by atoms with E-state index in [4.69, 9.17) is 10.1 Å². The van der Waals surface area contributed by atoms with Crippen molar-refractivity contribution in [2.24, 2.45) is 0 Å². The molecule has 9 heteroatoms. The number of aliphatic carboxylic acids is 1. The van der Waals surface area contributed by atoms with Gasteiger partial charge < -0.3 is 5.11 Å². The average Bonchev–Trinajstić information content (AvgIpc) is 3.35. The number of carbonyl (C=O) groups is 1. The Bertz CT molecular complexity index is 1330. The lowest BCUT2D eigenvalue weighted by atomic mass is 9.91. The van der Waals surface area contributed by atoms with Gasteiger partial charge in [0.05, 0.1) is 17.7 Å². The smallest absolute Gasteiger partial charge is 0.416 e. The summed E-state index contributed by atoms with van der Waals surface area (Å²) in [5, 5.41) is 12.7. The zero-order valence-corrected chi connectivity index (χ0v) is 21.1. The summed E-state index contributed by atoms with van der Waals surface area (Å²) in [5.41, 5.74) is 1.56. The van der Waals surface area contributed by atoms with Gasteiger partial charge in [-0.3, -0.25) is 4.79 Å². The van der Waals surface area contributed by atoms with E-state index in [-0.39, 0.29) is 11.8 Å². The molecule has 0 atom stereocenters. The second-order valence-electron chi connectivity index (χ2n) is 8.89. The van der Waals surface area contributed by atoms with E-state index < -0.39 is 17.7 Å². The Morgan fingerprint density at radius 2 is 1.79 bits per heavy atom. The van der Waals surface area contributed by atoms with Crippen LogP contribution in [-0.4, -0.2) is 16.1 Å². The number of nitrogens with zero attached hydrogens (tertiary/aromatic N) is 1. The van der Waals surface area contributed by atoms with Crippen LogP contribution in [0.1, 0.15) is 42.5 Å². The van der Waals surface area contributed by atoms with E-state index in [1.54, 1.807) is 11.8 Å². The molecule has 34 heavy (non-hydrogen) atoms. The summed E-state index contributed by atoms with van der Waals surface area (Å²) in [6, 6.07) is 11.2. The topological polar surface area (TPSA) is 50.2 Å². The minimum Gasteiger partial charge on any atom is -0.481 e. The Morgan fingerprint density at radius 1 is 1.09 bits per heavy atom. The molecule has 2 aromatic carbocycles. The number of benzene rings is 2. The molecule has 4 aromatic rings. The highest BCUT2D eigenvalue weighted by atomic mass is 32.2. The molecule has 0 saturated heterocycles. The number of halogens is 3. The quantitative estimate of drug-likeness (QED) is 0.260. The van der Waals surface area contributed by atoms with Gasteiger partial charge in [-0.05, 0) is 40.6 Å². The van der Waals surface area contributed by atoms with Gasteiger partial charge in [0.25, 0.3) is 0 Å². The van der Waals surface area contributed by atoms with Crippen molar-refractivity contribution in [1.82, 2.24) is 4.98 Å². The number of carboxylic acid groups (broad SMARTS) is 1. The molecular formula is C25H22F3NO2S3. The van der Waals surface area contributed by atoms with Crippen LogP contribution in [0.3, 0.4) is 0 Å². The maximum Gasteiger partial charge on any atom is 0.416 e. The zero-order valence-electron chi connectivity index (χ0n) is 18.7. The van der Waals surface area contributed by atoms with E-state index >= 15 is 0 Å². The number of alkyl halides is 3. The normalized spacial score (nSPS) is 12.4. The van der Waals surface area contributed by atoms with E-state index in [1.165, 1.54) is 34.8 Å². The Morgan fingerprint density at radius 3 is 2.41 bits per heavy atom. The Kier molecular flexibility index (Phi) is 6.81. The Balaban J connectivity index is 1.58. The van der Waals surface area contributed by atoms with Crippen molar-refractivity contribution in [1.29, 1.82) is 0 Å². The fraction of sp³-hybridized carbons (Fsp3) is 0.280. The van der Waals surface area contributed by atoms with Crippen molar-refractivity contribution in [3.05, 3.63) is 69.5 Å². The number of hydrogen-bond acceptors (Lipinski definition) is 5. The van der Waals surface area contributed by atoms with Gasteiger partial charge in [-0.25, -0.2) is 4.98 Å². The molecular weight excluding hydrogens is 499 g/mol. The van der Waals surface area contributed by atoms with E-state index in [0.717, 1.165) is 43.2 Å². The van der Waals surface area contributed by atoms with E-state index in [9.17, 15) is 18.0 Å². The maximum atomic E-state index is 12.9. The number of thiazole rings is 1. The molecule has 3 nitrogen and oxygen atoms in total. The van der Waals surface area contributed by atoms with Crippen molar-refractivity contribution >= 4 is 50.5 Å². The SMILES string of the molecule is CC(C)(C)c1nc(-c2ccc(C(F)(F)F)cc2)sc1CSc1ccc2c(CC(=O)O)csc2c1. The molecule has 0 unspecified atom stereocenters. The second-order valence-corrected chi connectivity index (χ2v) is 11.9. The molecule has 178 valence electrons. The van der Waals surface area contributed by atoms with Crippen LogP contribution >= 0.6 is 34.4 Å². The summed E-state index contributed by atoms with van der Waals surface area (Å²) in [7, 11) is 0. The second kappa shape index (κ2) is 9.36. The average molecular weight is 522 g/mol. The van der Waals surface area contributed by atoms with Crippen LogP contribution in [0.2, 0.25) is 0 Å². The molecule has 1 N–H and O–H groups in total. The predicted octanol–water partition coefficient (Wildman–Crippen LogP) is 8.26. The number of fused-ring (bicyclic) bond motifs is 1. The van der Waals surface area contributed by atoms with Gasteiger partial charge in [-0.15, -0.1) is 34.4 Å². The van der Waals surface area contributed by atoms with Crippen molar-refractivity contribution in [2.45, 2.75) is 49.4 Å².